The molecule has 1 aliphatic heterocycles. The molecule has 0 radical (unpaired) electrons. The van der Waals surface area contributed by atoms with Gasteiger partial charge in [-0.2, -0.15) is 0 Å². The van der Waals surface area contributed by atoms with Gasteiger partial charge in [-0.3, -0.25) is 15.0 Å². The van der Waals surface area contributed by atoms with Crippen molar-refractivity contribution in [2.45, 2.75) is 129 Å². The highest BCUT2D eigenvalue weighted by molar-refractivity contribution is 5.76. The van der Waals surface area contributed by atoms with Gasteiger partial charge < -0.3 is 19.3 Å². The van der Waals surface area contributed by atoms with Crippen LogP contribution in [0.4, 0.5) is 4.79 Å². The lowest BCUT2D eigenvalue weighted by atomic mass is 9.88. The number of esters is 1. The highest BCUT2D eigenvalue weighted by atomic mass is 16.6. The predicted octanol–water partition coefficient (Wildman–Crippen LogP) is 4.03. The summed E-state index contributed by atoms with van der Waals surface area (Å²) in [5, 5.41) is 13.9. The zero-order valence-corrected chi connectivity index (χ0v) is 22.1. The van der Waals surface area contributed by atoms with Gasteiger partial charge in [-0.05, 0) is 67.2 Å². The Labute approximate surface area is 200 Å². The minimum Gasteiger partial charge on any atom is -0.464 e. The van der Waals surface area contributed by atoms with Gasteiger partial charge in [0.2, 0.25) is 0 Å². The van der Waals surface area contributed by atoms with Crippen LogP contribution >= 0.6 is 0 Å². The van der Waals surface area contributed by atoms with Gasteiger partial charge in [0, 0.05) is 18.7 Å². The van der Waals surface area contributed by atoms with Crippen LogP contribution in [0.2, 0.25) is 0 Å². The number of carbonyl (C=O) groups is 2. The van der Waals surface area contributed by atoms with Crippen LogP contribution < -0.4 is 5.32 Å². The molecular formula is C25H48N2O6. The van der Waals surface area contributed by atoms with E-state index in [1.807, 2.05) is 48.5 Å². The zero-order chi connectivity index (χ0) is 25.2. The molecule has 1 heterocycles. The third kappa shape index (κ3) is 8.41. The van der Waals surface area contributed by atoms with Gasteiger partial charge in [0.25, 0.3) is 0 Å². The Morgan fingerprint density at radius 3 is 2.30 bits per heavy atom. The Kier molecular flexibility index (Phi) is 12.1. The Morgan fingerprint density at radius 2 is 1.76 bits per heavy atom. The summed E-state index contributed by atoms with van der Waals surface area (Å²) in [6.07, 6.45) is 4.09. The summed E-state index contributed by atoms with van der Waals surface area (Å²) in [5.74, 6) is -0.373. The molecule has 1 saturated heterocycles. The number of nitrogens with zero attached hydrogens (tertiary/aromatic N) is 1. The number of unbranched alkanes of at least 4 members (excludes halogenated alkanes) is 2. The van der Waals surface area contributed by atoms with E-state index in [0.29, 0.717) is 19.6 Å². The lowest BCUT2D eigenvalue weighted by molar-refractivity contribution is -0.151. The minimum atomic E-state index is -0.896. The topological polar surface area (TPSA) is 97.3 Å². The van der Waals surface area contributed by atoms with E-state index < -0.39 is 35.4 Å². The van der Waals surface area contributed by atoms with E-state index in [0.717, 1.165) is 32.1 Å². The molecule has 8 nitrogen and oxygen atoms in total. The number of nitrogens with one attached hydrogen (secondary N) is 1. The molecule has 1 aliphatic rings. The van der Waals surface area contributed by atoms with Gasteiger partial charge in [-0.1, -0.05) is 26.7 Å². The quantitative estimate of drug-likeness (QED) is 0.308. The van der Waals surface area contributed by atoms with Crippen molar-refractivity contribution in [2.75, 3.05) is 19.8 Å². The maximum absolute atomic E-state index is 13.1. The van der Waals surface area contributed by atoms with Crippen molar-refractivity contribution in [3.05, 3.63) is 0 Å². The maximum Gasteiger partial charge on any atom is 0.411 e. The van der Waals surface area contributed by atoms with Crippen LogP contribution in [0.15, 0.2) is 0 Å². The average molecular weight is 473 g/mol. The molecule has 8 heteroatoms. The van der Waals surface area contributed by atoms with Gasteiger partial charge in [-0.15, -0.1) is 0 Å². The number of aliphatic hydroxyl groups is 1. The van der Waals surface area contributed by atoms with Crippen molar-refractivity contribution in [2.24, 2.45) is 0 Å². The molecule has 1 fully saturated rings. The summed E-state index contributed by atoms with van der Waals surface area (Å²) in [6, 6.07) is -1.21. The van der Waals surface area contributed by atoms with Crippen molar-refractivity contribution in [3.8, 4) is 0 Å². The molecule has 0 aliphatic carbocycles. The molecule has 33 heavy (non-hydrogen) atoms. The molecule has 0 aromatic carbocycles. The van der Waals surface area contributed by atoms with E-state index in [1.165, 1.54) is 0 Å². The minimum absolute atomic E-state index is 0.0931. The summed E-state index contributed by atoms with van der Waals surface area (Å²) in [5.41, 5.74) is -1.54. The molecular weight excluding hydrogens is 424 g/mol. The van der Waals surface area contributed by atoms with Crippen LogP contribution in [-0.4, -0.2) is 77.3 Å². The van der Waals surface area contributed by atoms with Gasteiger partial charge in [-0.25, -0.2) is 4.79 Å². The smallest absolute Gasteiger partial charge is 0.411 e. The van der Waals surface area contributed by atoms with Gasteiger partial charge in [0.15, 0.2) is 0 Å². The second kappa shape index (κ2) is 13.5. The molecule has 3 unspecified atom stereocenters. The molecule has 1 amide bonds. The first-order valence-corrected chi connectivity index (χ1v) is 12.6. The van der Waals surface area contributed by atoms with Crippen LogP contribution in [-0.2, 0) is 19.0 Å². The summed E-state index contributed by atoms with van der Waals surface area (Å²) < 4.78 is 17.1. The second-order valence-corrected chi connectivity index (χ2v) is 10.3. The first-order chi connectivity index (χ1) is 15.4. The number of amides is 1. The van der Waals surface area contributed by atoms with Gasteiger partial charge >= 0.3 is 12.1 Å². The fourth-order valence-electron chi connectivity index (χ4n) is 4.27. The number of hydrogen-bond acceptors (Lipinski definition) is 7. The van der Waals surface area contributed by atoms with Crippen molar-refractivity contribution < 1.29 is 28.9 Å². The van der Waals surface area contributed by atoms with E-state index in [9.17, 15) is 14.7 Å². The highest BCUT2D eigenvalue weighted by Crippen LogP contribution is 2.38. The number of hydrogen-bond donors (Lipinski definition) is 2. The molecule has 1 rings (SSSR count). The predicted molar refractivity (Wildman–Crippen MR) is 129 cm³/mol. The lowest BCUT2D eigenvalue weighted by Crippen LogP contribution is -2.66. The molecule has 0 aromatic heterocycles. The summed E-state index contributed by atoms with van der Waals surface area (Å²) >= 11 is 0. The molecule has 5 atom stereocenters. The number of rotatable bonds is 13. The summed E-state index contributed by atoms with van der Waals surface area (Å²) in [4.78, 5) is 27.7. The second-order valence-electron chi connectivity index (χ2n) is 10.3. The largest absolute Gasteiger partial charge is 0.464 e. The highest BCUT2D eigenvalue weighted by Gasteiger charge is 2.52. The average Bonchev–Trinajstić information content (AvgIpc) is 3.08. The van der Waals surface area contributed by atoms with Crippen LogP contribution in [0, 0.1) is 0 Å². The standard InChI is InChI=1S/C25H48N2O6/c1-9-11-15-31-19(4)21(22(29)32-16-12-10-2)26-20(5)25(17-28)14-13-18(3)27(25)23(30)33-24(6,7)8/h18-21,26,28H,9-17H2,1-8H3/t18?,19-,20?,21+,25?/m1/s1. The molecule has 0 saturated carbocycles. The van der Waals surface area contributed by atoms with E-state index in [4.69, 9.17) is 14.2 Å². The normalized spacial score (nSPS) is 23.8. The summed E-state index contributed by atoms with van der Waals surface area (Å²) in [7, 11) is 0. The van der Waals surface area contributed by atoms with Crippen molar-refractivity contribution in [3.63, 3.8) is 0 Å². The van der Waals surface area contributed by atoms with E-state index in [-0.39, 0.29) is 18.6 Å². The number of carbonyl (C=O) groups excluding carboxylic acids is 2. The van der Waals surface area contributed by atoms with E-state index in [2.05, 4.69) is 12.2 Å². The first kappa shape index (κ1) is 29.7. The SMILES string of the molecule is CCCCOC(=O)[C@@H](NC(C)C1(CO)CCC(C)N1C(=O)OC(C)(C)C)[C@@H](C)OCCCC. The lowest BCUT2D eigenvalue weighted by Gasteiger charge is -2.45. The van der Waals surface area contributed by atoms with Crippen molar-refractivity contribution in [1.82, 2.24) is 10.2 Å². The number of ether oxygens (including phenoxy) is 3. The Balaban J connectivity index is 3.11. The Morgan fingerprint density at radius 1 is 1.15 bits per heavy atom. The molecule has 0 aromatic rings. The summed E-state index contributed by atoms with van der Waals surface area (Å²) in [6.45, 7) is 16.0. The molecule has 0 bridgehead atoms. The van der Waals surface area contributed by atoms with Crippen LogP contribution in [0.5, 0.6) is 0 Å². The molecule has 194 valence electrons. The third-order valence-corrected chi connectivity index (χ3v) is 6.36. The number of likely N-dealkylation sites (tertiary alicyclic amines) is 1. The zero-order valence-electron chi connectivity index (χ0n) is 22.1. The van der Waals surface area contributed by atoms with Crippen LogP contribution in [0.1, 0.15) is 93.9 Å². The van der Waals surface area contributed by atoms with Crippen molar-refractivity contribution in [1.29, 1.82) is 0 Å². The van der Waals surface area contributed by atoms with Crippen molar-refractivity contribution >= 4 is 12.1 Å². The Bertz CT molecular complexity index is 608. The monoisotopic (exact) mass is 472 g/mol. The number of aliphatic hydroxyl groups excluding tert-OH is 1. The maximum atomic E-state index is 13.1. The van der Waals surface area contributed by atoms with Gasteiger partial charge in [0.1, 0.15) is 11.6 Å². The van der Waals surface area contributed by atoms with Crippen LogP contribution in [0.3, 0.4) is 0 Å². The Hall–Kier alpha value is -1.38. The third-order valence-electron chi connectivity index (χ3n) is 6.36. The van der Waals surface area contributed by atoms with Gasteiger partial charge in [0.05, 0.1) is 24.9 Å². The van der Waals surface area contributed by atoms with E-state index in [1.54, 1.807) is 4.90 Å². The molecule has 2 N–H and O–H groups in total. The fourth-order valence-corrected chi connectivity index (χ4v) is 4.27. The van der Waals surface area contributed by atoms with E-state index >= 15 is 0 Å². The first-order valence-electron chi connectivity index (χ1n) is 12.6. The molecule has 0 spiro atoms. The fraction of sp³-hybridized carbons (Fsp3) is 0.920. The van der Waals surface area contributed by atoms with Crippen LogP contribution in [0.25, 0.3) is 0 Å².